The molecule has 0 N–H and O–H groups in total. The summed E-state index contributed by atoms with van der Waals surface area (Å²) in [7, 11) is 0. The molecule has 0 radical (unpaired) electrons. The number of hydrogen-bond acceptors (Lipinski definition) is 2. The first-order chi connectivity index (χ1) is 10.8. The fourth-order valence-electron chi connectivity index (χ4n) is 5.92. The molecule has 0 saturated heterocycles. The van der Waals surface area contributed by atoms with Crippen LogP contribution in [-0.4, -0.2) is 17.7 Å². The Labute approximate surface area is 136 Å². The van der Waals surface area contributed by atoms with Crippen LogP contribution in [0.5, 0.6) is 0 Å². The van der Waals surface area contributed by atoms with Crippen molar-refractivity contribution in [3.63, 3.8) is 0 Å². The van der Waals surface area contributed by atoms with Gasteiger partial charge in [0.15, 0.2) is 5.78 Å². The molecule has 122 valence electrons. The van der Waals surface area contributed by atoms with E-state index in [1.54, 1.807) is 12.2 Å². The van der Waals surface area contributed by atoms with Gasteiger partial charge in [-0.3, -0.25) is 9.59 Å². The Balaban J connectivity index is 1.81. The van der Waals surface area contributed by atoms with Crippen molar-refractivity contribution in [3.8, 4) is 0 Å². The molecule has 2 nitrogen and oxygen atoms in total. The second-order valence-electron chi connectivity index (χ2n) is 8.21. The van der Waals surface area contributed by atoms with Gasteiger partial charge in [0.1, 0.15) is 12.0 Å². The second-order valence-corrected chi connectivity index (χ2v) is 8.21. The summed E-state index contributed by atoms with van der Waals surface area (Å²) in [4.78, 5) is 24.2. The van der Waals surface area contributed by atoms with Gasteiger partial charge in [-0.05, 0) is 61.7 Å². The molecule has 0 aromatic heterocycles. The molecule has 0 aliphatic heterocycles. The van der Waals surface area contributed by atoms with Gasteiger partial charge in [-0.25, -0.2) is 4.39 Å². The zero-order valence-electron chi connectivity index (χ0n) is 13.8. The molecule has 4 aliphatic carbocycles. The van der Waals surface area contributed by atoms with Gasteiger partial charge in [0.2, 0.25) is 0 Å². The predicted octanol–water partition coefficient (Wildman–Crippen LogP) is 3.98. The zero-order valence-corrected chi connectivity index (χ0v) is 13.8. The van der Waals surface area contributed by atoms with Crippen LogP contribution in [0.15, 0.2) is 36.0 Å². The molecule has 3 saturated carbocycles. The van der Waals surface area contributed by atoms with Crippen molar-refractivity contribution >= 4 is 11.6 Å². The Kier molecular flexibility index (Phi) is 2.96. The summed E-state index contributed by atoms with van der Waals surface area (Å²) in [6.07, 6.45) is 6.65. The summed E-state index contributed by atoms with van der Waals surface area (Å²) in [6, 6.07) is 0. The summed E-state index contributed by atoms with van der Waals surface area (Å²) in [6.45, 7) is 8.16. The number of fused-ring (bicyclic) bond motifs is 5. The van der Waals surface area contributed by atoms with Crippen LogP contribution in [0.3, 0.4) is 0 Å². The number of carbonyl (C=O) groups is 2. The molecule has 4 aliphatic rings. The SMILES string of the molecule is C=C1C[C@@H]2[C@H](CC(F)[C@]3(C)C(=O)CC[C@@H]23)[C@@]2(C)C=CC(=O)C=C12. The van der Waals surface area contributed by atoms with Crippen molar-refractivity contribution in [2.24, 2.45) is 28.6 Å². The van der Waals surface area contributed by atoms with Gasteiger partial charge in [-0.1, -0.05) is 25.2 Å². The molecule has 0 spiro atoms. The van der Waals surface area contributed by atoms with E-state index in [9.17, 15) is 9.59 Å². The first-order valence-electron chi connectivity index (χ1n) is 8.59. The van der Waals surface area contributed by atoms with Crippen molar-refractivity contribution in [1.29, 1.82) is 0 Å². The minimum Gasteiger partial charge on any atom is -0.299 e. The van der Waals surface area contributed by atoms with Gasteiger partial charge in [0.25, 0.3) is 0 Å². The highest BCUT2D eigenvalue weighted by molar-refractivity contribution is 6.02. The third kappa shape index (κ3) is 1.74. The van der Waals surface area contributed by atoms with E-state index in [0.717, 1.165) is 24.0 Å². The molecular weight excluding hydrogens is 291 g/mol. The van der Waals surface area contributed by atoms with Gasteiger partial charge in [0, 0.05) is 11.8 Å². The van der Waals surface area contributed by atoms with Gasteiger partial charge in [-0.15, -0.1) is 0 Å². The Bertz CT molecular complexity index is 688. The summed E-state index contributed by atoms with van der Waals surface area (Å²) in [5, 5.41) is 0. The van der Waals surface area contributed by atoms with Gasteiger partial charge < -0.3 is 0 Å². The van der Waals surface area contributed by atoms with E-state index in [2.05, 4.69) is 13.5 Å². The van der Waals surface area contributed by atoms with E-state index in [1.165, 1.54) is 0 Å². The Morgan fingerprint density at radius 3 is 2.74 bits per heavy atom. The molecule has 0 heterocycles. The van der Waals surface area contributed by atoms with Crippen molar-refractivity contribution in [1.82, 2.24) is 0 Å². The fraction of sp³-hybridized carbons (Fsp3) is 0.600. The van der Waals surface area contributed by atoms with Crippen LogP contribution >= 0.6 is 0 Å². The number of ketones is 2. The van der Waals surface area contributed by atoms with Gasteiger partial charge >= 0.3 is 0 Å². The first-order valence-corrected chi connectivity index (χ1v) is 8.59. The van der Waals surface area contributed by atoms with E-state index < -0.39 is 11.6 Å². The third-order valence-electron chi connectivity index (χ3n) is 7.29. The molecule has 6 atom stereocenters. The van der Waals surface area contributed by atoms with Crippen LogP contribution in [0.25, 0.3) is 0 Å². The molecule has 0 amide bonds. The lowest BCUT2D eigenvalue weighted by Crippen LogP contribution is -2.55. The fourth-order valence-corrected chi connectivity index (χ4v) is 5.92. The first kappa shape index (κ1) is 15.0. The normalized spacial score (nSPS) is 48.7. The van der Waals surface area contributed by atoms with Crippen LogP contribution in [0.4, 0.5) is 4.39 Å². The molecule has 3 fully saturated rings. The summed E-state index contributed by atoms with van der Waals surface area (Å²) >= 11 is 0. The van der Waals surface area contributed by atoms with E-state index >= 15 is 4.39 Å². The lowest BCUT2D eigenvalue weighted by atomic mass is 9.47. The zero-order chi connectivity index (χ0) is 16.6. The number of halogens is 1. The third-order valence-corrected chi connectivity index (χ3v) is 7.29. The second kappa shape index (κ2) is 4.52. The monoisotopic (exact) mass is 314 g/mol. The van der Waals surface area contributed by atoms with Crippen LogP contribution in [0.1, 0.15) is 39.5 Å². The van der Waals surface area contributed by atoms with Crippen molar-refractivity contribution < 1.29 is 14.0 Å². The Morgan fingerprint density at radius 2 is 2.00 bits per heavy atom. The highest BCUT2D eigenvalue weighted by Crippen LogP contribution is 2.64. The minimum absolute atomic E-state index is 0.00874. The van der Waals surface area contributed by atoms with Crippen LogP contribution in [0, 0.1) is 28.6 Å². The van der Waals surface area contributed by atoms with Crippen molar-refractivity contribution in [3.05, 3.63) is 36.0 Å². The molecule has 1 unspecified atom stereocenters. The van der Waals surface area contributed by atoms with Crippen LogP contribution in [-0.2, 0) is 9.59 Å². The van der Waals surface area contributed by atoms with E-state index in [1.807, 2.05) is 13.0 Å². The van der Waals surface area contributed by atoms with E-state index in [0.29, 0.717) is 12.8 Å². The Morgan fingerprint density at radius 1 is 1.26 bits per heavy atom. The van der Waals surface area contributed by atoms with Crippen molar-refractivity contribution in [2.75, 3.05) is 0 Å². The summed E-state index contributed by atoms with van der Waals surface area (Å²) < 4.78 is 15.1. The molecule has 4 rings (SSSR count). The average molecular weight is 314 g/mol. The largest absolute Gasteiger partial charge is 0.299 e. The molecule has 0 bridgehead atoms. The molecule has 3 heteroatoms. The standard InChI is InChI=1S/C20H23FO2/c1-11-8-13-14-4-5-18(23)20(14,3)17(21)10-16(13)19(2)7-6-12(22)9-15(11)19/h6-7,9,13-14,16-17H,1,4-5,8,10H2,2-3H3/t13-,14-,16-,17?,19-,20+/m0/s1. The molecule has 0 aromatic carbocycles. The lowest BCUT2D eigenvalue weighted by Gasteiger charge is -2.56. The minimum atomic E-state index is -1.08. The van der Waals surface area contributed by atoms with Crippen LogP contribution in [0.2, 0.25) is 0 Å². The number of rotatable bonds is 0. The van der Waals surface area contributed by atoms with Gasteiger partial charge in [0.05, 0.1) is 5.41 Å². The maximum absolute atomic E-state index is 15.1. The smallest absolute Gasteiger partial charge is 0.178 e. The van der Waals surface area contributed by atoms with E-state index in [4.69, 9.17) is 0 Å². The number of hydrogen-bond donors (Lipinski definition) is 0. The quantitative estimate of drug-likeness (QED) is 0.678. The number of alkyl halides is 1. The van der Waals surface area contributed by atoms with Crippen LogP contribution < -0.4 is 0 Å². The maximum Gasteiger partial charge on any atom is 0.178 e. The maximum atomic E-state index is 15.1. The summed E-state index contributed by atoms with van der Waals surface area (Å²) in [5.41, 5.74) is 0.829. The average Bonchev–Trinajstić information content (AvgIpc) is 2.81. The van der Waals surface area contributed by atoms with E-state index in [-0.39, 0.29) is 34.7 Å². The Hall–Kier alpha value is -1.51. The summed E-state index contributed by atoms with van der Waals surface area (Å²) in [5.74, 6) is 0.615. The predicted molar refractivity (Wildman–Crippen MR) is 86.4 cm³/mol. The molecular formula is C20H23FO2. The highest BCUT2D eigenvalue weighted by Gasteiger charge is 2.63. The highest BCUT2D eigenvalue weighted by atomic mass is 19.1. The van der Waals surface area contributed by atoms with Gasteiger partial charge in [-0.2, -0.15) is 0 Å². The molecule has 23 heavy (non-hydrogen) atoms. The number of carbonyl (C=O) groups excluding carboxylic acids is 2. The topological polar surface area (TPSA) is 34.1 Å². The number of Topliss-reactive ketones (excluding diaryl/α,β-unsaturated/α-hetero) is 1. The van der Waals surface area contributed by atoms with Crippen molar-refractivity contribution in [2.45, 2.75) is 45.7 Å². The number of allylic oxidation sites excluding steroid dienone is 5. The lowest BCUT2D eigenvalue weighted by molar-refractivity contribution is -0.139. The molecule has 0 aromatic rings.